The first-order chi connectivity index (χ1) is 17.7. The highest BCUT2D eigenvalue weighted by molar-refractivity contribution is 7.15. The Bertz CT molecular complexity index is 993. The van der Waals surface area contributed by atoms with E-state index in [0.29, 0.717) is 55.4 Å². The largest absolute Gasteiger partial charge is 0.477 e. The van der Waals surface area contributed by atoms with Gasteiger partial charge in [0, 0.05) is 37.4 Å². The number of aromatic carboxylic acids is 1. The van der Waals surface area contributed by atoms with Crippen LogP contribution in [-0.2, 0) is 9.59 Å². The molecule has 0 aromatic carbocycles. The van der Waals surface area contributed by atoms with Crippen LogP contribution >= 0.6 is 11.3 Å². The van der Waals surface area contributed by atoms with E-state index in [2.05, 4.69) is 18.8 Å². The summed E-state index contributed by atoms with van der Waals surface area (Å²) in [4.78, 5) is 43.5. The first-order valence-electron chi connectivity index (χ1n) is 13.9. The van der Waals surface area contributed by atoms with Crippen molar-refractivity contribution < 1.29 is 19.5 Å². The van der Waals surface area contributed by atoms with Crippen LogP contribution in [0.15, 0.2) is 6.07 Å². The minimum absolute atomic E-state index is 0.0297. The molecule has 2 heterocycles. The third-order valence-electron chi connectivity index (χ3n) is 7.53. The molecule has 1 saturated heterocycles. The minimum Gasteiger partial charge on any atom is -0.477 e. The smallest absolute Gasteiger partial charge is 0.348 e. The summed E-state index contributed by atoms with van der Waals surface area (Å²) in [5.41, 5.74) is 6.03. The lowest BCUT2D eigenvalue weighted by Crippen LogP contribution is -2.51. The molecule has 204 valence electrons. The van der Waals surface area contributed by atoms with E-state index in [1.54, 1.807) is 11.0 Å². The summed E-state index contributed by atoms with van der Waals surface area (Å²) in [6, 6.07) is 1.66. The molecule has 1 aliphatic carbocycles. The predicted molar refractivity (Wildman–Crippen MR) is 149 cm³/mol. The molecule has 3 N–H and O–H groups in total. The van der Waals surface area contributed by atoms with Gasteiger partial charge in [0.15, 0.2) is 0 Å². The van der Waals surface area contributed by atoms with Gasteiger partial charge in [0.1, 0.15) is 4.88 Å². The van der Waals surface area contributed by atoms with Crippen molar-refractivity contribution in [2.24, 2.45) is 23.5 Å². The van der Waals surface area contributed by atoms with Gasteiger partial charge in [-0.15, -0.1) is 11.3 Å². The lowest BCUT2D eigenvalue weighted by Gasteiger charge is -2.40. The van der Waals surface area contributed by atoms with Crippen LogP contribution in [0, 0.1) is 29.6 Å². The number of hydrogen-bond donors (Lipinski definition) is 2. The van der Waals surface area contributed by atoms with Gasteiger partial charge in [-0.05, 0) is 69.9 Å². The Morgan fingerprint density at radius 1 is 1.11 bits per heavy atom. The number of carbonyl (C=O) groups excluding carboxylic acids is 2. The first-order valence-corrected chi connectivity index (χ1v) is 14.7. The van der Waals surface area contributed by atoms with Crippen LogP contribution in [0.1, 0.15) is 99.5 Å². The van der Waals surface area contributed by atoms with E-state index in [1.165, 1.54) is 0 Å². The van der Waals surface area contributed by atoms with Crippen molar-refractivity contribution in [3.8, 4) is 11.8 Å². The van der Waals surface area contributed by atoms with Crippen molar-refractivity contribution in [3.05, 3.63) is 15.8 Å². The number of thiophene rings is 1. The molecule has 37 heavy (non-hydrogen) atoms. The van der Waals surface area contributed by atoms with E-state index in [1.807, 2.05) is 18.7 Å². The van der Waals surface area contributed by atoms with Crippen molar-refractivity contribution >= 4 is 34.8 Å². The summed E-state index contributed by atoms with van der Waals surface area (Å²) in [6.07, 6.45) is 8.26. The third kappa shape index (κ3) is 8.05. The average Bonchev–Trinajstić information content (AvgIpc) is 3.30. The van der Waals surface area contributed by atoms with Gasteiger partial charge in [0.05, 0.1) is 10.6 Å². The second-order valence-corrected chi connectivity index (χ2v) is 12.0. The van der Waals surface area contributed by atoms with Gasteiger partial charge in [-0.3, -0.25) is 9.59 Å². The molecule has 3 rings (SSSR count). The Labute approximate surface area is 225 Å². The standard InChI is InChI=1S/C29H43N3O4S/c1-20(2)8-13-24-19-25(27(37-24)29(35)36)32(28(34)22-11-9-21(3)10-12-22)23-14-17-31(18-15-23)26(33)7-5-4-6-16-30/h19-23H,4-7,9-12,14-18,30H2,1-3H3,(H,35,36)/t21-,22-. The topological polar surface area (TPSA) is 104 Å². The number of nitrogens with zero attached hydrogens (tertiary/aromatic N) is 2. The quantitative estimate of drug-likeness (QED) is 0.341. The zero-order valence-electron chi connectivity index (χ0n) is 22.6. The maximum atomic E-state index is 14.0. The fourth-order valence-electron chi connectivity index (χ4n) is 5.32. The Hall–Kier alpha value is -2.37. The number of carbonyl (C=O) groups is 3. The minimum atomic E-state index is -1.03. The number of hydrogen-bond acceptors (Lipinski definition) is 5. The molecule has 7 nitrogen and oxygen atoms in total. The number of piperidine rings is 1. The van der Waals surface area contributed by atoms with Crippen LogP contribution in [-0.4, -0.2) is 53.5 Å². The van der Waals surface area contributed by atoms with Crippen LogP contribution in [0.25, 0.3) is 0 Å². The van der Waals surface area contributed by atoms with Gasteiger partial charge in [-0.1, -0.05) is 39.0 Å². The molecular weight excluding hydrogens is 486 g/mol. The molecule has 0 atom stereocenters. The van der Waals surface area contributed by atoms with Crippen molar-refractivity contribution in [2.75, 3.05) is 24.5 Å². The molecule has 2 amide bonds. The zero-order valence-corrected chi connectivity index (χ0v) is 23.4. The molecule has 0 spiro atoms. The molecule has 8 heteroatoms. The van der Waals surface area contributed by atoms with Crippen molar-refractivity contribution in [2.45, 2.75) is 91.0 Å². The fourth-order valence-corrected chi connectivity index (χ4v) is 6.17. The molecule has 1 aromatic heterocycles. The van der Waals surface area contributed by atoms with Crippen molar-refractivity contribution in [3.63, 3.8) is 0 Å². The van der Waals surface area contributed by atoms with Crippen LogP contribution < -0.4 is 10.6 Å². The maximum Gasteiger partial charge on any atom is 0.348 e. The molecule has 1 aliphatic heterocycles. The Kier molecular flexibility index (Phi) is 11.0. The Balaban J connectivity index is 1.83. The highest BCUT2D eigenvalue weighted by Crippen LogP contribution is 2.38. The van der Waals surface area contributed by atoms with Crippen molar-refractivity contribution in [1.29, 1.82) is 0 Å². The summed E-state index contributed by atoms with van der Waals surface area (Å²) < 4.78 is 0. The van der Waals surface area contributed by atoms with E-state index in [-0.39, 0.29) is 34.6 Å². The molecule has 0 radical (unpaired) electrons. The second-order valence-electron chi connectivity index (χ2n) is 10.9. The number of anilines is 1. The number of amides is 2. The monoisotopic (exact) mass is 529 g/mol. The molecule has 2 aliphatic rings. The molecule has 1 saturated carbocycles. The number of carboxylic acid groups (broad SMARTS) is 1. The molecule has 0 bridgehead atoms. The Morgan fingerprint density at radius 2 is 1.78 bits per heavy atom. The number of likely N-dealkylation sites (tertiary alicyclic amines) is 1. The van der Waals surface area contributed by atoms with Gasteiger partial charge < -0.3 is 20.6 Å². The van der Waals surface area contributed by atoms with Crippen LogP contribution in [0.2, 0.25) is 0 Å². The number of rotatable bonds is 9. The average molecular weight is 530 g/mol. The number of nitrogens with two attached hydrogens (primary N) is 1. The highest BCUT2D eigenvalue weighted by Gasteiger charge is 2.37. The van der Waals surface area contributed by atoms with E-state index >= 15 is 0 Å². The lowest BCUT2D eigenvalue weighted by molar-refractivity contribution is -0.132. The summed E-state index contributed by atoms with van der Waals surface area (Å²) >= 11 is 1.14. The molecule has 1 aromatic rings. The SMILES string of the molecule is CC(C)C#Cc1cc(N(C(=O)[C@H]2CC[C@H](C)CC2)C2CCN(C(=O)CCCCCN)CC2)c(C(=O)O)s1. The Morgan fingerprint density at radius 3 is 2.38 bits per heavy atom. The van der Waals surface area contributed by atoms with E-state index in [9.17, 15) is 19.5 Å². The maximum absolute atomic E-state index is 14.0. The van der Waals surface area contributed by atoms with E-state index in [4.69, 9.17) is 5.73 Å². The fraction of sp³-hybridized carbons (Fsp3) is 0.690. The van der Waals surface area contributed by atoms with Crippen molar-refractivity contribution in [1.82, 2.24) is 4.90 Å². The van der Waals surface area contributed by atoms with Crippen LogP contribution in [0.5, 0.6) is 0 Å². The zero-order chi connectivity index (χ0) is 26.9. The normalized spacial score (nSPS) is 20.4. The summed E-state index contributed by atoms with van der Waals surface area (Å²) in [6.45, 7) is 8.02. The summed E-state index contributed by atoms with van der Waals surface area (Å²) in [5, 5.41) is 10.0. The van der Waals surface area contributed by atoms with Gasteiger partial charge >= 0.3 is 5.97 Å². The van der Waals surface area contributed by atoms with E-state index in [0.717, 1.165) is 56.3 Å². The number of unbranched alkanes of at least 4 members (excludes halogenated alkanes) is 2. The second kappa shape index (κ2) is 14.0. The predicted octanol–water partition coefficient (Wildman–Crippen LogP) is 5.12. The number of carboxylic acids is 1. The van der Waals surface area contributed by atoms with Crippen LogP contribution in [0.3, 0.4) is 0 Å². The molecule has 0 unspecified atom stereocenters. The lowest BCUT2D eigenvalue weighted by atomic mass is 9.82. The van der Waals surface area contributed by atoms with Gasteiger partial charge in [-0.25, -0.2) is 4.79 Å². The molecular formula is C29H43N3O4S. The molecule has 2 fully saturated rings. The summed E-state index contributed by atoms with van der Waals surface area (Å²) in [7, 11) is 0. The van der Waals surface area contributed by atoms with Gasteiger partial charge in [-0.2, -0.15) is 0 Å². The highest BCUT2D eigenvalue weighted by atomic mass is 32.1. The third-order valence-corrected chi connectivity index (χ3v) is 8.56. The van der Waals surface area contributed by atoms with Crippen LogP contribution in [0.4, 0.5) is 5.69 Å². The van der Waals surface area contributed by atoms with Gasteiger partial charge in [0.25, 0.3) is 0 Å². The summed E-state index contributed by atoms with van der Waals surface area (Å²) in [5.74, 6) is 6.06. The van der Waals surface area contributed by atoms with Gasteiger partial charge in [0.2, 0.25) is 11.8 Å². The first kappa shape index (κ1) is 29.2. The van der Waals surface area contributed by atoms with E-state index < -0.39 is 5.97 Å².